The van der Waals surface area contributed by atoms with Gasteiger partial charge in [0, 0.05) is 17.9 Å². The van der Waals surface area contributed by atoms with Crippen molar-refractivity contribution in [1.29, 1.82) is 5.26 Å². The number of nitriles is 1. The van der Waals surface area contributed by atoms with Crippen molar-refractivity contribution in [2.45, 2.75) is 19.4 Å². The van der Waals surface area contributed by atoms with E-state index in [1.54, 1.807) is 6.92 Å². The van der Waals surface area contributed by atoms with Gasteiger partial charge in [-0.2, -0.15) is 5.26 Å². The van der Waals surface area contributed by atoms with Gasteiger partial charge in [0.1, 0.15) is 11.9 Å². The Kier molecular flexibility index (Phi) is 5.01. The fourth-order valence-electron chi connectivity index (χ4n) is 1.56. The number of halogens is 1. The maximum absolute atomic E-state index is 13.0. The van der Waals surface area contributed by atoms with Gasteiger partial charge in [-0.05, 0) is 18.2 Å². The number of carboxylic acids is 1. The van der Waals surface area contributed by atoms with E-state index in [9.17, 15) is 14.0 Å². The minimum Gasteiger partial charge on any atom is -0.480 e. The molecule has 1 aromatic rings. The molecule has 0 bridgehead atoms. The van der Waals surface area contributed by atoms with Crippen molar-refractivity contribution in [3.8, 4) is 6.07 Å². The van der Waals surface area contributed by atoms with Crippen LogP contribution in [0.5, 0.6) is 0 Å². The number of benzene rings is 1. The molecule has 0 aliphatic carbocycles. The second kappa shape index (κ2) is 6.50. The molecule has 100 valence electrons. The van der Waals surface area contributed by atoms with Crippen molar-refractivity contribution < 1.29 is 19.1 Å². The molecule has 0 aromatic heterocycles. The van der Waals surface area contributed by atoms with E-state index in [0.717, 1.165) is 6.07 Å². The van der Waals surface area contributed by atoms with Crippen LogP contribution in [0, 0.1) is 23.1 Å². The Balaban J connectivity index is 2.83. The maximum atomic E-state index is 13.0. The highest BCUT2D eigenvalue weighted by Crippen LogP contribution is 2.10. The molecule has 0 saturated carbocycles. The molecule has 5 nitrogen and oxygen atoms in total. The van der Waals surface area contributed by atoms with Crippen LogP contribution in [-0.2, 0) is 4.79 Å². The second-order valence-electron chi connectivity index (χ2n) is 4.14. The van der Waals surface area contributed by atoms with Gasteiger partial charge in [-0.3, -0.25) is 4.79 Å². The van der Waals surface area contributed by atoms with Crippen molar-refractivity contribution in [2.24, 2.45) is 5.92 Å². The number of amides is 1. The van der Waals surface area contributed by atoms with Crippen molar-refractivity contribution in [3.63, 3.8) is 0 Å². The summed E-state index contributed by atoms with van der Waals surface area (Å²) < 4.78 is 13.0. The van der Waals surface area contributed by atoms with E-state index in [2.05, 4.69) is 5.32 Å². The number of aliphatic carboxylic acids is 1. The highest BCUT2D eigenvalue weighted by atomic mass is 19.1. The first-order valence-electron chi connectivity index (χ1n) is 5.62. The Morgan fingerprint density at radius 3 is 2.74 bits per heavy atom. The summed E-state index contributed by atoms with van der Waals surface area (Å²) in [4.78, 5) is 22.8. The Morgan fingerprint density at radius 2 is 2.21 bits per heavy atom. The summed E-state index contributed by atoms with van der Waals surface area (Å²) in [6, 6.07) is 5.61. The van der Waals surface area contributed by atoms with Crippen molar-refractivity contribution in [1.82, 2.24) is 5.32 Å². The van der Waals surface area contributed by atoms with E-state index >= 15 is 0 Å². The monoisotopic (exact) mass is 264 g/mol. The largest absolute Gasteiger partial charge is 0.480 e. The van der Waals surface area contributed by atoms with E-state index in [4.69, 9.17) is 10.4 Å². The summed E-state index contributed by atoms with van der Waals surface area (Å²) in [5.74, 6) is -3.03. The molecule has 0 aliphatic heterocycles. The third-order valence-corrected chi connectivity index (χ3v) is 2.62. The summed E-state index contributed by atoms with van der Waals surface area (Å²) in [5.41, 5.74) is 0.0374. The molecule has 19 heavy (non-hydrogen) atoms. The zero-order valence-electron chi connectivity index (χ0n) is 10.3. The maximum Gasteiger partial charge on any atom is 0.326 e. The molecule has 6 heteroatoms. The molecular weight excluding hydrogens is 251 g/mol. The van der Waals surface area contributed by atoms with Gasteiger partial charge < -0.3 is 10.4 Å². The molecule has 1 rings (SSSR count). The first kappa shape index (κ1) is 14.6. The number of hydrogen-bond donors (Lipinski definition) is 2. The average molecular weight is 264 g/mol. The fraction of sp³-hybridized carbons (Fsp3) is 0.308. The normalized spacial score (nSPS) is 13.1. The van der Waals surface area contributed by atoms with Crippen LogP contribution in [0.1, 0.15) is 23.7 Å². The third-order valence-electron chi connectivity index (χ3n) is 2.62. The molecule has 1 amide bonds. The van der Waals surface area contributed by atoms with Gasteiger partial charge in [-0.15, -0.1) is 0 Å². The highest BCUT2D eigenvalue weighted by Gasteiger charge is 2.26. The molecule has 2 N–H and O–H groups in total. The lowest BCUT2D eigenvalue weighted by atomic mass is 9.98. The Labute approximate surface area is 109 Å². The first-order valence-corrected chi connectivity index (χ1v) is 5.62. The molecule has 0 unspecified atom stereocenters. The Morgan fingerprint density at radius 1 is 1.53 bits per heavy atom. The van der Waals surface area contributed by atoms with Crippen LogP contribution in [0.3, 0.4) is 0 Å². The standard InChI is InChI=1S/C13H13FN2O3/c1-8(5-6-15)11(13(18)19)16-12(17)9-3-2-4-10(14)7-9/h2-4,7-8,11H,5H2,1H3,(H,16,17)(H,18,19)/t8-,11-/m0/s1. The highest BCUT2D eigenvalue weighted by molar-refractivity contribution is 5.96. The molecule has 2 atom stereocenters. The molecule has 0 saturated heterocycles. The smallest absolute Gasteiger partial charge is 0.326 e. The molecule has 0 aliphatic rings. The fourth-order valence-corrected chi connectivity index (χ4v) is 1.56. The first-order chi connectivity index (χ1) is 8.95. The van der Waals surface area contributed by atoms with Gasteiger partial charge in [-0.1, -0.05) is 13.0 Å². The Hall–Kier alpha value is -2.42. The lowest BCUT2D eigenvalue weighted by Crippen LogP contribution is -2.45. The van der Waals surface area contributed by atoms with Crippen LogP contribution in [0.15, 0.2) is 24.3 Å². The van der Waals surface area contributed by atoms with Gasteiger partial charge in [0.25, 0.3) is 5.91 Å². The number of hydrogen-bond acceptors (Lipinski definition) is 3. The number of rotatable bonds is 5. The summed E-state index contributed by atoms with van der Waals surface area (Å²) in [6.07, 6.45) is 0.000394. The van der Waals surface area contributed by atoms with Crippen LogP contribution < -0.4 is 5.32 Å². The van der Waals surface area contributed by atoms with Crippen molar-refractivity contribution >= 4 is 11.9 Å². The van der Waals surface area contributed by atoms with E-state index in [0.29, 0.717) is 0 Å². The zero-order valence-corrected chi connectivity index (χ0v) is 10.3. The summed E-state index contributed by atoms with van der Waals surface area (Å²) in [6.45, 7) is 1.55. The number of carbonyl (C=O) groups excluding carboxylic acids is 1. The molecular formula is C13H13FN2O3. The number of carbonyl (C=O) groups is 2. The molecule has 0 spiro atoms. The zero-order chi connectivity index (χ0) is 14.4. The quantitative estimate of drug-likeness (QED) is 0.844. The minimum absolute atomic E-state index is 0.000394. The Bertz CT molecular complexity index is 525. The number of carboxylic acid groups (broad SMARTS) is 1. The number of nitrogens with one attached hydrogen (secondary N) is 1. The summed E-state index contributed by atoms with van der Waals surface area (Å²) >= 11 is 0. The average Bonchev–Trinajstić information content (AvgIpc) is 2.35. The second-order valence-corrected chi connectivity index (χ2v) is 4.14. The van der Waals surface area contributed by atoms with Crippen LogP contribution in [-0.4, -0.2) is 23.0 Å². The van der Waals surface area contributed by atoms with E-state index in [1.807, 2.05) is 6.07 Å². The lowest BCUT2D eigenvalue weighted by Gasteiger charge is -2.19. The van der Waals surface area contributed by atoms with Crippen LogP contribution >= 0.6 is 0 Å². The van der Waals surface area contributed by atoms with Crippen molar-refractivity contribution in [2.75, 3.05) is 0 Å². The molecule has 1 aromatic carbocycles. The van der Waals surface area contributed by atoms with Crippen LogP contribution in [0.25, 0.3) is 0 Å². The van der Waals surface area contributed by atoms with Gasteiger partial charge in [0.15, 0.2) is 0 Å². The molecule has 0 fully saturated rings. The van der Waals surface area contributed by atoms with Crippen LogP contribution in [0.4, 0.5) is 4.39 Å². The van der Waals surface area contributed by atoms with Gasteiger partial charge in [0.2, 0.25) is 0 Å². The van der Waals surface area contributed by atoms with Crippen molar-refractivity contribution in [3.05, 3.63) is 35.6 Å². The predicted octanol–water partition coefficient (Wildman–Crippen LogP) is 1.56. The van der Waals surface area contributed by atoms with Gasteiger partial charge in [0.05, 0.1) is 6.07 Å². The minimum atomic E-state index is -1.23. The summed E-state index contributed by atoms with van der Waals surface area (Å²) in [5, 5.41) is 19.9. The topological polar surface area (TPSA) is 90.2 Å². The molecule has 0 radical (unpaired) electrons. The van der Waals surface area contributed by atoms with Gasteiger partial charge >= 0.3 is 5.97 Å². The predicted molar refractivity (Wildman–Crippen MR) is 64.7 cm³/mol. The van der Waals surface area contributed by atoms with Gasteiger partial charge in [-0.25, -0.2) is 9.18 Å². The SMILES string of the molecule is C[C@@H](CC#N)[C@H](NC(=O)c1cccc(F)c1)C(=O)O. The third kappa shape index (κ3) is 4.07. The van der Waals surface area contributed by atoms with E-state index in [-0.39, 0.29) is 12.0 Å². The summed E-state index contributed by atoms with van der Waals surface area (Å²) in [7, 11) is 0. The lowest BCUT2D eigenvalue weighted by molar-refractivity contribution is -0.140. The van der Waals surface area contributed by atoms with E-state index in [1.165, 1.54) is 18.2 Å². The number of nitrogens with zero attached hydrogens (tertiary/aromatic N) is 1. The van der Waals surface area contributed by atoms with E-state index < -0.39 is 29.7 Å². The molecule has 0 heterocycles. The van der Waals surface area contributed by atoms with Crippen LogP contribution in [0.2, 0.25) is 0 Å².